The molecule has 0 bridgehead atoms. The molecule has 4 nitrogen and oxygen atoms in total. The van der Waals surface area contributed by atoms with Crippen molar-refractivity contribution in [2.24, 2.45) is 0 Å². The molecule has 82 valence electrons. The second kappa shape index (κ2) is 4.31. The summed E-state index contributed by atoms with van der Waals surface area (Å²) in [6.07, 6.45) is 0. The fourth-order valence-electron chi connectivity index (χ4n) is 1.18. The Kier molecular flexibility index (Phi) is 3.02. The van der Waals surface area contributed by atoms with Gasteiger partial charge in [0.15, 0.2) is 5.82 Å². The fourth-order valence-corrected chi connectivity index (χ4v) is 1.81. The summed E-state index contributed by atoms with van der Waals surface area (Å²) in [6, 6.07) is 4.28. The first-order chi connectivity index (χ1) is 7.54. The van der Waals surface area contributed by atoms with Crippen LogP contribution in [0.2, 0.25) is 5.28 Å². The van der Waals surface area contributed by atoms with E-state index in [4.69, 9.17) is 17.3 Å². The molecule has 0 fully saturated rings. The first kappa shape index (κ1) is 11.2. The van der Waals surface area contributed by atoms with Crippen molar-refractivity contribution in [3.05, 3.63) is 33.8 Å². The Morgan fingerprint density at radius 1 is 1.19 bits per heavy atom. The molecule has 2 rings (SSSR count). The van der Waals surface area contributed by atoms with Gasteiger partial charge in [-0.15, -0.1) is 0 Å². The lowest BCUT2D eigenvalue weighted by Crippen LogP contribution is -2.00. The van der Waals surface area contributed by atoms with Crippen LogP contribution in [0.4, 0.5) is 10.3 Å². The summed E-state index contributed by atoms with van der Waals surface area (Å²) in [6.45, 7) is 0. The van der Waals surface area contributed by atoms with Crippen LogP contribution in [0.5, 0.6) is 0 Å². The minimum absolute atomic E-state index is 0.00427. The molecule has 0 saturated heterocycles. The van der Waals surface area contributed by atoms with Crippen LogP contribution in [0.15, 0.2) is 22.7 Å². The standard InChI is InChI=1S/C9H5BrClFN4/c10-5-1-4(2-6(12)3-5)7-14-8(11)16-9(13)15-7/h1-3H,(H2,13,14,15,16). The van der Waals surface area contributed by atoms with Crippen LogP contribution < -0.4 is 5.73 Å². The van der Waals surface area contributed by atoms with Gasteiger partial charge in [-0.3, -0.25) is 0 Å². The first-order valence-electron chi connectivity index (χ1n) is 4.18. The smallest absolute Gasteiger partial charge is 0.227 e. The van der Waals surface area contributed by atoms with E-state index in [1.807, 2.05) is 0 Å². The Morgan fingerprint density at radius 2 is 1.94 bits per heavy atom. The number of anilines is 1. The maximum atomic E-state index is 13.1. The number of nitrogen functional groups attached to an aromatic ring is 1. The molecule has 1 heterocycles. The quantitative estimate of drug-likeness (QED) is 0.879. The molecule has 0 aliphatic heterocycles. The highest BCUT2D eigenvalue weighted by molar-refractivity contribution is 9.10. The van der Waals surface area contributed by atoms with Crippen LogP contribution in [-0.4, -0.2) is 15.0 Å². The summed E-state index contributed by atoms with van der Waals surface area (Å²) in [7, 11) is 0. The maximum absolute atomic E-state index is 13.1. The molecule has 16 heavy (non-hydrogen) atoms. The number of halogens is 3. The predicted octanol–water partition coefficient (Wildman–Crippen LogP) is 2.68. The van der Waals surface area contributed by atoms with Gasteiger partial charge in [0.2, 0.25) is 11.2 Å². The largest absolute Gasteiger partial charge is 0.368 e. The van der Waals surface area contributed by atoms with E-state index in [2.05, 4.69) is 30.9 Å². The Bertz CT molecular complexity index is 459. The number of hydrogen-bond acceptors (Lipinski definition) is 4. The molecule has 0 amide bonds. The average molecular weight is 304 g/mol. The number of hydrogen-bond donors (Lipinski definition) is 1. The number of aromatic nitrogens is 3. The lowest BCUT2D eigenvalue weighted by Gasteiger charge is -2.02. The van der Waals surface area contributed by atoms with E-state index < -0.39 is 5.82 Å². The Balaban J connectivity index is 2.57. The van der Waals surface area contributed by atoms with Crippen molar-refractivity contribution in [3.63, 3.8) is 0 Å². The lowest BCUT2D eigenvalue weighted by molar-refractivity contribution is 0.627. The molecule has 0 aliphatic rings. The van der Waals surface area contributed by atoms with Crippen molar-refractivity contribution in [3.8, 4) is 11.4 Å². The summed E-state index contributed by atoms with van der Waals surface area (Å²) in [5.41, 5.74) is 5.90. The zero-order chi connectivity index (χ0) is 11.7. The molecule has 0 saturated carbocycles. The first-order valence-corrected chi connectivity index (χ1v) is 5.35. The van der Waals surface area contributed by atoms with Gasteiger partial charge in [0.25, 0.3) is 0 Å². The van der Waals surface area contributed by atoms with Gasteiger partial charge in [0.05, 0.1) is 0 Å². The summed E-state index contributed by atoms with van der Waals surface area (Å²) in [5, 5.41) is -0.0251. The summed E-state index contributed by atoms with van der Waals surface area (Å²) in [5.74, 6) is -0.174. The van der Waals surface area contributed by atoms with Gasteiger partial charge >= 0.3 is 0 Å². The van der Waals surface area contributed by atoms with Gasteiger partial charge in [-0.25, -0.2) is 4.39 Å². The van der Waals surface area contributed by atoms with Gasteiger partial charge < -0.3 is 5.73 Å². The number of rotatable bonds is 1. The Morgan fingerprint density at radius 3 is 2.56 bits per heavy atom. The van der Waals surface area contributed by atoms with Crippen molar-refractivity contribution >= 4 is 33.5 Å². The third-order valence-electron chi connectivity index (χ3n) is 1.75. The van der Waals surface area contributed by atoms with Crippen molar-refractivity contribution in [2.75, 3.05) is 5.73 Å². The Labute approximate surface area is 104 Å². The molecule has 2 aromatic rings. The molecule has 0 atom stereocenters. The number of nitrogens with two attached hydrogens (primary N) is 1. The van der Waals surface area contributed by atoms with E-state index in [-0.39, 0.29) is 17.1 Å². The molecule has 1 aromatic heterocycles. The highest BCUT2D eigenvalue weighted by atomic mass is 79.9. The highest BCUT2D eigenvalue weighted by Crippen LogP contribution is 2.22. The van der Waals surface area contributed by atoms with E-state index in [0.29, 0.717) is 10.0 Å². The zero-order valence-electron chi connectivity index (χ0n) is 7.78. The molecule has 1 aromatic carbocycles. The molecule has 0 aliphatic carbocycles. The van der Waals surface area contributed by atoms with Crippen molar-refractivity contribution in [2.45, 2.75) is 0 Å². The number of benzene rings is 1. The number of nitrogens with zero attached hydrogens (tertiary/aromatic N) is 3. The van der Waals surface area contributed by atoms with Gasteiger partial charge in [0.1, 0.15) is 5.82 Å². The van der Waals surface area contributed by atoms with Crippen LogP contribution in [0.3, 0.4) is 0 Å². The van der Waals surface area contributed by atoms with Crippen LogP contribution >= 0.6 is 27.5 Å². The second-order valence-electron chi connectivity index (χ2n) is 2.94. The topological polar surface area (TPSA) is 64.7 Å². The Hall–Kier alpha value is -1.27. The SMILES string of the molecule is Nc1nc(Cl)nc(-c2cc(F)cc(Br)c2)n1. The van der Waals surface area contributed by atoms with E-state index >= 15 is 0 Å². The monoisotopic (exact) mass is 302 g/mol. The van der Waals surface area contributed by atoms with E-state index in [0.717, 1.165) is 0 Å². The molecule has 2 N–H and O–H groups in total. The van der Waals surface area contributed by atoms with Crippen molar-refractivity contribution in [1.82, 2.24) is 15.0 Å². The van der Waals surface area contributed by atoms with Crippen LogP contribution in [0.25, 0.3) is 11.4 Å². The lowest BCUT2D eigenvalue weighted by atomic mass is 10.2. The average Bonchev–Trinajstić information content (AvgIpc) is 2.14. The van der Waals surface area contributed by atoms with E-state index in [9.17, 15) is 4.39 Å². The minimum atomic E-state index is -0.403. The normalized spacial score (nSPS) is 10.4. The van der Waals surface area contributed by atoms with Crippen molar-refractivity contribution in [1.29, 1.82) is 0 Å². The molecule has 7 heteroatoms. The van der Waals surface area contributed by atoms with Gasteiger partial charge in [0, 0.05) is 10.0 Å². The second-order valence-corrected chi connectivity index (χ2v) is 4.20. The van der Waals surface area contributed by atoms with Gasteiger partial charge in [-0.1, -0.05) is 15.9 Å². The van der Waals surface area contributed by atoms with Crippen LogP contribution in [0.1, 0.15) is 0 Å². The maximum Gasteiger partial charge on any atom is 0.227 e. The highest BCUT2D eigenvalue weighted by Gasteiger charge is 2.07. The molecule has 0 radical (unpaired) electrons. The summed E-state index contributed by atoms with van der Waals surface area (Å²) in [4.78, 5) is 11.4. The van der Waals surface area contributed by atoms with Crippen LogP contribution in [-0.2, 0) is 0 Å². The molecular weight excluding hydrogens is 298 g/mol. The van der Waals surface area contributed by atoms with E-state index in [1.165, 1.54) is 12.1 Å². The third-order valence-corrected chi connectivity index (χ3v) is 2.37. The van der Waals surface area contributed by atoms with E-state index in [1.54, 1.807) is 6.07 Å². The van der Waals surface area contributed by atoms with Crippen LogP contribution in [0, 0.1) is 5.82 Å². The summed E-state index contributed by atoms with van der Waals surface area (Å²) < 4.78 is 13.7. The predicted molar refractivity (Wildman–Crippen MR) is 62.3 cm³/mol. The molecule has 0 unspecified atom stereocenters. The molecule has 0 spiro atoms. The molecular formula is C9H5BrClFN4. The van der Waals surface area contributed by atoms with Gasteiger partial charge in [-0.05, 0) is 29.8 Å². The summed E-state index contributed by atoms with van der Waals surface area (Å²) >= 11 is 8.80. The minimum Gasteiger partial charge on any atom is -0.368 e. The third kappa shape index (κ3) is 2.45. The fraction of sp³-hybridized carbons (Fsp3) is 0. The van der Waals surface area contributed by atoms with Crippen molar-refractivity contribution < 1.29 is 4.39 Å². The zero-order valence-corrected chi connectivity index (χ0v) is 10.1. The van der Waals surface area contributed by atoms with Gasteiger partial charge in [-0.2, -0.15) is 15.0 Å².